The summed E-state index contributed by atoms with van der Waals surface area (Å²) in [6.07, 6.45) is 9.76. The molecule has 3 heterocycles. The first-order valence-electron chi connectivity index (χ1n) is 10.4. The highest BCUT2D eigenvalue weighted by Gasteiger charge is 2.44. The molecular weight excluding hydrogens is 397 g/mol. The van der Waals surface area contributed by atoms with Crippen LogP contribution < -0.4 is 5.32 Å². The lowest BCUT2D eigenvalue weighted by Crippen LogP contribution is -2.54. The van der Waals surface area contributed by atoms with Gasteiger partial charge in [0, 0.05) is 64.5 Å². The Bertz CT molecular complexity index is 675. The predicted molar refractivity (Wildman–Crippen MR) is 114 cm³/mol. The number of halogens is 2. The topological polar surface area (TPSA) is 53.4 Å². The van der Waals surface area contributed by atoms with Crippen molar-refractivity contribution in [2.75, 3.05) is 39.3 Å². The Morgan fingerprint density at radius 3 is 2.50 bits per heavy atom. The van der Waals surface area contributed by atoms with Crippen LogP contribution in [0.5, 0.6) is 0 Å². The highest BCUT2D eigenvalue weighted by molar-refractivity contribution is 5.85. The summed E-state index contributed by atoms with van der Waals surface area (Å²) in [4.78, 5) is 18.0. The fourth-order valence-electron chi connectivity index (χ4n) is 6.09. The SMILES string of the molecule is Cl.Cl.Cn1cc([C@H]2CNC[C@@H]2C(=O)N2CCN(C3CC4CCC3C4)CC2)cn1. The summed E-state index contributed by atoms with van der Waals surface area (Å²) < 4.78 is 1.84. The van der Waals surface area contributed by atoms with E-state index in [2.05, 4.69) is 26.4 Å². The van der Waals surface area contributed by atoms with Crippen LogP contribution in [0.4, 0.5) is 0 Å². The fraction of sp³-hybridized carbons (Fsp3) is 0.800. The normalized spacial score (nSPS) is 34.9. The van der Waals surface area contributed by atoms with Crippen LogP contribution in [0, 0.1) is 17.8 Å². The average molecular weight is 430 g/mol. The van der Waals surface area contributed by atoms with Crippen LogP contribution in [-0.4, -0.2) is 70.8 Å². The summed E-state index contributed by atoms with van der Waals surface area (Å²) in [6, 6.07) is 0.808. The zero-order valence-corrected chi connectivity index (χ0v) is 18.3. The van der Waals surface area contributed by atoms with Crippen molar-refractivity contribution in [1.82, 2.24) is 24.9 Å². The highest BCUT2D eigenvalue weighted by Crippen LogP contribution is 2.46. The number of carbonyl (C=O) groups excluding carboxylic acids is 1. The lowest BCUT2D eigenvalue weighted by molar-refractivity contribution is -0.137. The van der Waals surface area contributed by atoms with Crippen molar-refractivity contribution in [1.29, 1.82) is 0 Å². The summed E-state index contributed by atoms with van der Waals surface area (Å²) in [5.74, 6) is 2.61. The molecule has 0 radical (unpaired) electrons. The van der Waals surface area contributed by atoms with Crippen LogP contribution in [0.2, 0.25) is 0 Å². The number of rotatable bonds is 3. The molecule has 8 heteroatoms. The summed E-state index contributed by atoms with van der Waals surface area (Å²) in [5.41, 5.74) is 1.19. The Morgan fingerprint density at radius 2 is 1.89 bits per heavy atom. The fourth-order valence-corrected chi connectivity index (χ4v) is 6.09. The van der Waals surface area contributed by atoms with Crippen molar-refractivity contribution in [2.45, 2.75) is 37.6 Å². The van der Waals surface area contributed by atoms with Gasteiger partial charge in [0.1, 0.15) is 0 Å². The molecule has 1 N–H and O–H groups in total. The number of nitrogens with zero attached hydrogens (tertiary/aromatic N) is 4. The zero-order chi connectivity index (χ0) is 17.7. The van der Waals surface area contributed by atoms with Gasteiger partial charge < -0.3 is 10.2 Å². The number of carbonyl (C=O) groups is 1. The largest absolute Gasteiger partial charge is 0.340 e. The quantitative estimate of drug-likeness (QED) is 0.796. The lowest BCUT2D eigenvalue weighted by Gasteiger charge is -2.41. The average Bonchev–Trinajstić information content (AvgIpc) is 3.44. The molecule has 2 saturated heterocycles. The number of hydrogen-bond acceptors (Lipinski definition) is 4. The summed E-state index contributed by atoms with van der Waals surface area (Å²) in [6.45, 7) is 5.62. The molecule has 0 spiro atoms. The molecule has 28 heavy (non-hydrogen) atoms. The summed E-state index contributed by atoms with van der Waals surface area (Å²) in [5, 5.41) is 7.72. The molecule has 5 atom stereocenters. The van der Waals surface area contributed by atoms with Crippen molar-refractivity contribution in [2.24, 2.45) is 24.8 Å². The molecule has 3 unspecified atom stereocenters. The minimum absolute atomic E-state index is 0. The smallest absolute Gasteiger partial charge is 0.227 e. The van der Waals surface area contributed by atoms with Crippen LogP contribution in [0.15, 0.2) is 12.4 Å². The number of hydrogen-bond donors (Lipinski definition) is 1. The third-order valence-electron chi connectivity index (χ3n) is 7.48. The first-order valence-corrected chi connectivity index (χ1v) is 10.4. The number of amides is 1. The van der Waals surface area contributed by atoms with Gasteiger partial charge in [0.05, 0.1) is 12.1 Å². The van der Waals surface area contributed by atoms with Gasteiger partial charge in [-0.25, -0.2) is 0 Å². The molecule has 2 saturated carbocycles. The molecular formula is C20H33Cl2N5O. The Balaban J connectivity index is 0.00000112. The number of piperazine rings is 1. The van der Waals surface area contributed by atoms with Gasteiger partial charge >= 0.3 is 0 Å². The van der Waals surface area contributed by atoms with E-state index >= 15 is 0 Å². The van der Waals surface area contributed by atoms with Gasteiger partial charge in [-0.3, -0.25) is 14.4 Å². The maximum absolute atomic E-state index is 13.2. The van der Waals surface area contributed by atoms with E-state index in [-0.39, 0.29) is 36.6 Å². The van der Waals surface area contributed by atoms with Crippen LogP contribution in [0.1, 0.15) is 37.2 Å². The maximum Gasteiger partial charge on any atom is 0.227 e. The number of fused-ring (bicyclic) bond motifs is 2. The van der Waals surface area contributed by atoms with Crippen LogP contribution in [0.3, 0.4) is 0 Å². The van der Waals surface area contributed by atoms with Gasteiger partial charge in [-0.15, -0.1) is 24.8 Å². The predicted octanol–water partition coefficient (Wildman–Crippen LogP) is 1.90. The summed E-state index contributed by atoms with van der Waals surface area (Å²) in [7, 11) is 1.94. The van der Waals surface area contributed by atoms with Crippen molar-refractivity contribution < 1.29 is 4.79 Å². The number of aromatic nitrogens is 2. The van der Waals surface area contributed by atoms with Gasteiger partial charge in [0.25, 0.3) is 0 Å². The zero-order valence-electron chi connectivity index (χ0n) is 16.6. The van der Waals surface area contributed by atoms with Gasteiger partial charge in [-0.1, -0.05) is 6.42 Å². The second kappa shape index (κ2) is 8.90. The minimum atomic E-state index is 0. The molecule has 1 amide bonds. The monoisotopic (exact) mass is 429 g/mol. The van der Waals surface area contributed by atoms with Crippen molar-refractivity contribution in [3.05, 3.63) is 18.0 Å². The molecule has 1 aromatic rings. The first-order chi connectivity index (χ1) is 12.7. The van der Waals surface area contributed by atoms with E-state index in [9.17, 15) is 4.79 Å². The van der Waals surface area contributed by atoms with Crippen LogP contribution in [0.25, 0.3) is 0 Å². The molecule has 4 fully saturated rings. The molecule has 1 aromatic heterocycles. The van der Waals surface area contributed by atoms with Gasteiger partial charge in [0.15, 0.2) is 0 Å². The number of nitrogens with one attached hydrogen (secondary N) is 1. The van der Waals surface area contributed by atoms with Crippen molar-refractivity contribution in [3.63, 3.8) is 0 Å². The molecule has 5 rings (SSSR count). The van der Waals surface area contributed by atoms with Gasteiger partial charge in [0.2, 0.25) is 5.91 Å². The Hall–Kier alpha value is -0.820. The second-order valence-electron chi connectivity index (χ2n) is 8.92. The molecule has 2 aliphatic heterocycles. The minimum Gasteiger partial charge on any atom is -0.340 e. The Kier molecular flexibility index (Phi) is 6.96. The Morgan fingerprint density at radius 1 is 1.11 bits per heavy atom. The molecule has 2 aliphatic carbocycles. The molecule has 0 aromatic carbocycles. The van der Waals surface area contributed by atoms with E-state index < -0.39 is 0 Å². The van der Waals surface area contributed by atoms with Crippen molar-refractivity contribution >= 4 is 30.7 Å². The maximum atomic E-state index is 13.2. The Labute approximate surface area is 180 Å². The lowest BCUT2D eigenvalue weighted by atomic mass is 9.89. The third-order valence-corrected chi connectivity index (χ3v) is 7.48. The van der Waals surface area contributed by atoms with Crippen LogP contribution >= 0.6 is 24.8 Å². The van der Waals surface area contributed by atoms with Crippen LogP contribution in [-0.2, 0) is 11.8 Å². The highest BCUT2D eigenvalue weighted by atomic mass is 35.5. The van der Waals surface area contributed by atoms with E-state index in [1.807, 2.05) is 17.9 Å². The molecule has 2 bridgehead atoms. The van der Waals surface area contributed by atoms with Crippen molar-refractivity contribution in [3.8, 4) is 0 Å². The van der Waals surface area contributed by atoms with Gasteiger partial charge in [-0.05, 0) is 36.7 Å². The molecule has 6 nitrogen and oxygen atoms in total. The third kappa shape index (κ3) is 3.93. The number of aryl methyl sites for hydroxylation is 1. The summed E-state index contributed by atoms with van der Waals surface area (Å²) >= 11 is 0. The molecule has 158 valence electrons. The second-order valence-corrected chi connectivity index (χ2v) is 8.92. The van der Waals surface area contributed by atoms with E-state index in [0.717, 1.165) is 57.1 Å². The van der Waals surface area contributed by atoms with E-state index in [4.69, 9.17) is 0 Å². The first kappa shape index (κ1) is 21.9. The van der Waals surface area contributed by atoms with Gasteiger partial charge in [-0.2, -0.15) is 5.10 Å². The van der Waals surface area contributed by atoms with E-state index in [1.165, 1.54) is 31.2 Å². The van der Waals surface area contributed by atoms with E-state index in [1.54, 1.807) is 0 Å². The van der Waals surface area contributed by atoms with E-state index in [0.29, 0.717) is 5.91 Å². The molecule has 4 aliphatic rings. The standard InChI is InChI=1S/C20H31N5O.2ClH/c1-23-13-16(10-22-23)17-11-21-12-18(17)20(26)25-6-4-24(5-7-25)19-9-14-2-3-15(19)8-14;;/h10,13-15,17-19,21H,2-9,11-12H2,1H3;2*1H/t14?,15?,17-,18+,19?;;/m1../s1.